The highest BCUT2D eigenvalue weighted by Gasteiger charge is 2.31. The van der Waals surface area contributed by atoms with Crippen LogP contribution in [0.15, 0.2) is 152 Å². The molecule has 5 aromatic carbocycles. The lowest BCUT2D eigenvalue weighted by Gasteiger charge is -2.29. The van der Waals surface area contributed by atoms with Gasteiger partial charge in [0.2, 0.25) is 0 Å². The van der Waals surface area contributed by atoms with Gasteiger partial charge in [-0.2, -0.15) is 5.26 Å². The van der Waals surface area contributed by atoms with Crippen molar-refractivity contribution in [2.75, 3.05) is 0 Å². The van der Waals surface area contributed by atoms with Gasteiger partial charge in [0.25, 0.3) is 0 Å². The molecule has 47 heavy (non-hydrogen) atoms. The van der Waals surface area contributed by atoms with Gasteiger partial charge in [-0.15, -0.1) is 0 Å². The molecule has 2 aromatic heterocycles. The Balaban J connectivity index is 1.25. The smallest absolute Gasteiger partial charge is 0.102 e. The number of allylic oxidation sites excluding steroid dienone is 1. The maximum absolute atomic E-state index is 10.6. The fraction of sp³-hybridized carbons (Fsp3) is 0.0909. The molecule has 0 spiro atoms. The lowest BCUT2D eigenvalue weighted by atomic mass is 9.77. The zero-order valence-corrected chi connectivity index (χ0v) is 26.2. The molecule has 1 aliphatic rings. The molecule has 1 aliphatic carbocycles. The summed E-state index contributed by atoms with van der Waals surface area (Å²) >= 11 is 0. The normalized spacial score (nSPS) is 15.3. The molecule has 224 valence electrons. The van der Waals surface area contributed by atoms with Gasteiger partial charge in [-0.25, -0.2) is 0 Å². The molecule has 2 heterocycles. The van der Waals surface area contributed by atoms with E-state index in [1.54, 1.807) is 0 Å². The van der Waals surface area contributed by atoms with Crippen LogP contribution in [0.3, 0.4) is 0 Å². The van der Waals surface area contributed by atoms with Crippen molar-refractivity contribution < 1.29 is 0 Å². The quantitative estimate of drug-likeness (QED) is 0.190. The molecule has 7 aromatic rings. The van der Waals surface area contributed by atoms with E-state index in [9.17, 15) is 5.26 Å². The molecule has 0 bridgehead atoms. The second-order valence-electron chi connectivity index (χ2n) is 12.3. The Morgan fingerprint density at radius 1 is 0.723 bits per heavy atom. The maximum atomic E-state index is 10.6. The van der Waals surface area contributed by atoms with E-state index in [0.29, 0.717) is 12.0 Å². The predicted octanol–water partition coefficient (Wildman–Crippen LogP) is 10.7. The van der Waals surface area contributed by atoms with E-state index in [0.717, 1.165) is 28.1 Å². The predicted molar refractivity (Wildman–Crippen MR) is 193 cm³/mol. The third-order valence-corrected chi connectivity index (χ3v) is 9.54. The molecule has 0 saturated carbocycles. The topological polar surface area (TPSA) is 41.6 Å². The van der Waals surface area contributed by atoms with Gasteiger partial charge in [0.05, 0.1) is 22.5 Å². The van der Waals surface area contributed by atoms with Crippen molar-refractivity contribution in [3.8, 4) is 34.1 Å². The minimum absolute atomic E-state index is 0.155. The van der Waals surface area contributed by atoms with E-state index in [-0.39, 0.29) is 11.8 Å². The van der Waals surface area contributed by atoms with E-state index in [4.69, 9.17) is 4.98 Å². The van der Waals surface area contributed by atoms with Crippen molar-refractivity contribution >= 4 is 17.0 Å². The number of hydrogen-bond donors (Lipinski definition) is 0. The van der Waals surface area contributed by atoms with Crippen molar-refractivity contribution in [1.29, 1.82) is 5.26 Å². The molecule has 2 atom stereocenters. The van der Waals surface area contributed by atoms with Crippen LogP contribution < -0.4 is 0 Å². The Morgan fingerprint density at radius 3 is 2.11 bits per heavy atom. The summed E-state index contributed by atoms with van der Waals surface area (Å²) in [5.74, 6) is 0.365. The van der Waals surface area contributed by atoms with Crippen LogP contribution in [-0.4, -0.2) is 9.55 Å². The number of rotatable bonds is 6. The number of para-hydroxylation sites is 2. The van der Waals surface area contributed by atoms with Crippen molar-refractivity contribution in [3.63, 3.8) is 0 Å². The fourth-order valence-corrected chi connectivity index (χ4v) is 7.33. The minimum Gasteiger partial charge on any atom is -0.313 e. The largest absolute Gasteiger partial charge is 0.313 e. The van der Waals surface area contributed by atoms with Crippen LogP contribution in [0.1, 0.15) is 52.4 Å². The van der Waals surface area contributed by atoms with E-state index in [1.165, 1.54) is 39.0 Å². The highest BCUT2D eigenvalue weighted by molar-refractivity contribution is 5.94. The van der Waals surface area contributed by atoms with Gasteiger partial charge < -0.3 is 4.57 Å². The van der Waals surface area contributed by atoms with Gasteiger partial charge >= 0.3 is 0 Å². The molecule has 2 unspecified atom stereocenters. The summed E-state index contributed by atoms with van der Waals surface area (Å²) in [6.45, 7) is 2.35. The second kappa shape index (κ2) is 12.1. The molecule has 0 N–H and O–H groups in total. The monoisotopic (exact) mass is 603 g/mol. The number of aromatic nitrogens is 2. The summed E-state index contributed by atoms with van der Waals surface area (Å²) in [5.41, 5.74) is 12.7. The molecular weight excluding hydrogens is 571 g/mol. The zero-order valence-electron chi connectivity index (χ0n) is 26.2. The molecule has 8 rings (SSSR count). The first-order valence-corrected chi connectivity index (χ1v) is 16.2. The summed E-state index contributed by atoms with van der Waals surface area (Å²) in [5, 5.41) is 11.8. The molecule has 0 saturated heterocycles. The molecule has 0 aliphatic heterocycles. The number of nitrogens with zero attached hydrogens (tertiary/aromatic N) is 3. The maximum Gasteiger partial charge on any atom is 0.102 e. The van der Waals surface area contributed by atoms with Gasteiger partial charge in [-0.1, -0.05) is 140 Å². The first-order chi connectivity index (χ1) is 23.2. The molecule has 3 nitrogen and oxygen atoms in total. The minimum atomic E-state index is 0.155. The van der Waals surface area contributed by atoms with Crippen molar-refractivity contribution in [2.24, 2.45) is 0 Å². The Labute approximate surface area is 275 Å². The van der Waals surface area contributed by atoms with Crippen LogP contribution in [0.25, 0.3) is 45.1 Å². The van der Waals surface area contributed by atoms with Gasteiger partial charge in [0, 0.05) is 51.7 Å². The molecule has 3 heteroatoms. The molecule has 0 radical (unpaired) electrons. The van der Waals surface area contributed by atoms with Crippen LogP contribution in [0, 0.1) is 11.3 Å². The third-order valence-electron chi connectivity index (χ3n) is 9.54. The van der Waals surface area contributed by atoms with Crippen LogP contribution in [0.4, 0.5) is 0 Å². The fourth-order valence-electron chi connectivity index (χ4n) is 7.33. The lowest BCUT2D eigenvalue weighted by molar-refractivity contribution is 0.635. The van der Waals surface area contributed by atoms with Gasteiger partial charge in [0.1, 0.15) is 6.07 Å². The van der Waals surface area contributed by atoms with E-state index in [1.807, 2.05) is 36.4 Å². The van der Waals surface area contributed by atoms with Crippen molar-refractivity contribution in [1.82, 2.24) is 9.55 Å². The summed E-state index contributed by atoms with van der Waals surface area (Å²) in [4.78, 5) is 5.17. The standard InChI is InChI=1S/C44H33N3/c1-30-35(25-26-38-37-23-13-14-24-43(37)47(44(30)38)34-20-9-4-10-21-34)36-22-12-11-19-33(36)27-42-40(29-45)39(31-15-5-2-6-16-31)28-41(46-42)32-17-7-3-8-18-32/h2-26,28,30,35H,27H2,1H3. The van der Waals surface area contributed by atoms with Crippen LogP contribution in [0.2, 0.25) is 0 Å². The first-order valence-electron chi connectivity index (χ1n) is 16.2. The second-order valence-corrected chi connectivity index (χ2v) is 12.3. The van der Waals surface area contributed by atoms with Gasteiger partial charge in [-0.05, 0) is 41.0 Å². The average Bonchev–Trinajstić information content (AvgIpc) is 3.48. The Kier molecular flexibility index (Phi) is 7.32. The summed E-state index contributed by atoms with van der Waals surface area (Å²) in [6.07, 6.45) is 5.26. The highest BCUT2D eigenvalue weighted by atomic mass is 15.0. The highest BCUT2D eigenvalue weighted by Crippen LogP contribution is 2.46. The van der Waals surface area contributed by atoms with E-state index in [2.05, 4.69) is 139 Å². The Hall–Kier alpha value is -5.98. The Morgan fingerprint density at radius 2 is 1.36 bits per heavy atom. The van der Waals surface area contributed by atoms with E-state index < -0.39 is 0 Å². The van der Waals surface area contributed by atoms with Crippen LogP contribution in [0.5, 0.6) is 0 Å². The summed E-state index contributed by atoms with van der Waals surface area (Å²) < 4.78 is 2.44. The summed E-state index contributed by atoms with van der Waals surface area (Å²) in [6, 6.07) is 53.1. The number of pyridine rings is 1. The number of nitriles is 1. The molecule has 0 fully saturated rings. The van der Waals surface area contributed by atoms with Gasteiger partial charge in [0.15, 0.2) is 0 Å². The lowest BCUT2D eigenvalue weighted by Crippen LogP contribution is -2.16. The first kappa shape index (κ1) is 28.5. The summed E-state index contributed by atoms with van der Waals surface area (Å²) in [7, 11) is 0. The van der Waals surface area contributed by atoms with Crippen molar-refractivity contribution in [3.05, 3.63) is 185 Å². The van der Waals surface area contributed by atoms with E-state index >= 15 is 0 Å². The number of fused-ring (bicyclic) bond motifs is 3. The number of benzene rings is 5. The van der Waals surface area contributed by atoms with Crippen molar-refractivity contribution in [2.45, 2.75) is 25.2 Å². The van der Waals surface area contributed by atoms with Crippen LogP contribution in [-0.2, 0) is 6.42 Å². The SMILES string of the molecule is CC1c2c(c3ccccc3n2-c2ccccc2)C=CC1c1ccccc1Cc1nc(-c2ccccc2)cc(-c2ccccc2)c1C#N. The third kappa shape index (κ3) is 5.05. The Bertz CT molecular complexity index is 2290. The number of hydrogen-bond acceptors (Lipinski definition) is 2. The molecule has 0 amide bonds. The molecular formula is C44H33N3. The zero-order chi connectivity index (χ0) is 31.7. The average molecular weight is 604 g/mol. The van der Waals surface area contributed by atoms with Crippen LogP contribution >= 0.6 is 0 Å². The van der Waals surface area contributed by atoms with Gasteiger partial charge in [-0.3, -0.25) is 4.98 Å².